The molecule has 9 nitrogen and oxygen atoms in total. The number of hydrogen-bond donors (Lipinski definition) is 2. The average Bonchev–Trinajstić information content (AvgIpc) is 2.95. The maximum absolute atomic E-state index is 12.9. The molecule has 1 aliphatic rings. The second kappa shape index (κ2) is 9.15. The molecule has 0 saturated carbocycles. The molecule has 0 bridgehead atoms. The lowest BCUT2D eigenvalue weighted by molar-refractivity contribution is -0.122. The highest BCUT2D eigenvalue weighted by Crippen LogP contribution is 2.24. The molecule has 0 aromatic carbocycles. The molecule has 162 valence electrons. The van der Waals surface area contributed by atoms with Crippen molar-refractivity contribution in [1.82, 2.24) is 25.1 Å². The Kier molecular flexibility index (Phi) is 7.31. The summed E-state index contributed by atoms with van der Waals surface area (Å²) in [6, 6.07) is -0.658. The largest absolute Gasteiger partial charge is 0.444 e. The molecule has 10 heteroatoms. The normalized spacial score (nSPS) is 15.0. The molecule has 0 aliphatic carbocycles. The van der Waals surface area contributed by atoms with Crippen LogP contribution in [0.4, 0.5) is 4.79 Å². The Hall–Kier alpha value is -2.10. The lowest BCUT2D eigenvalue weighted by Gasteiger charge is -2.31. The topological polar surface area (TPSA) is 106 Å². The van der Waals surface area contributed by atoms with Crippen LogP contribution in [0.2, 0.25) is 0 Å². The van der Waals surface area contributed by atoms with Crippen LogP contribution in [0.15, 0.2) is 4.73 Å². The highest BCUT2D eigenvalue weighted by atomic mass is 79.9. The van der Waals surface area contributed by atoms with Crippen molar-refractivity contribution in [2.75, 3.05) is 13.6 Å². The van der Waals surface area contributed by atoms with Gasteiger partial charge in [0.2, 0.25) is 5.91 Å². The molecule has 2 rings (SSSR count). The molecule has 0 saturated heterocycles. The Morgan fingerprint density at radius 1 is 1.24 bits per heavy atom. The van der Waals surface area contributed by atoms with Crippen molar-refractivity contribution < 1.29 is 19.1 Å². The highest BCUT2D eigenvalue weighted by Gasteiger charge is 2.32. The summed E-state index contributed by atoms with van der Waals surface area (Å²) < 4.78 is 7.82. The number of aromatic nitrogens is 2. The van der Waals surface area contributed by atoms with Crippen LogP contribution in [-0.4, -0.2) is 57.6 Å². The van der Waals surface area contributed by atoms with Crippen LogP contribution in [0.1, 0.15) is 57.2 Å². The SMILES string of the molecule is CNC(=O)[C@H](CC(C)C)NC(=O)c1nc(Br)n2c1CN(C(=O)OC(C)(C)C)CC2. The molecule has 2 N–H and O–H groups in total. The van der Waals surface area contributed by atoms with Crippen LogP contribution in [0.5, 0.6) is 0 Å². The number of carbonyl (C=O) groups excluding carboxylic acids is 3. The number of amides is 3. The van der Waals surface area contributed by atoms with Gasteiger partial charge in [-0.2, -0.15) is 0 Å². The first kappa shape index (κ1) is 23.2. The molecule has 0 radical (unpaired) electrons. The number of hydrogen-bond acceptors (Lipinski definition) is 5. The van der Waals surface area contributed by atoms with E-state index in [1.54, 1.807) is 4.90 Å². The van der Waals surface area contributed by atoms with Gasteiger partial charge in [0.25, 0.3) is 5.91 Å². The van der Waals surface area contributed by atoms with E-state index in [2.05, 4.69) is 31.5 Å². The van der Waals surface area contributed by atoms with E-state index in [1.807, 2.05) is 39.2 Å². The Bertz CT molecular complexity index is 784. The number of halogens is 1. The first-order valence-corrected chi connectivity index (χ1v) is 10.5. The second-order valence-electron chi connectivity index (χ2n) is 8.50. The maximum Gasteiger partial charge on any atom is 0.410 e. The van der Waals surface area contributed by atoms with Gasteiger partial charge in [0.05, 0.1) is 12.2 Å². The van der Waals surface area contributed by atoms with Crippen molar-refractivity contribution in [1.29, 1.82) is 0 Å². The number of nitrogens with zero attached hydrogens (tertiary/aromatic N) is 3. The zero-order chi connectivity index (χ0) is 21.9. The quantitative estimate of drug-likeness (QED) is 0.684. The molecule has 1 atom stereocenters. The average molecular weight is 472 g/mol. The molecule has 0 spiro atoms. The number of fused-ring (bicyclic) bond motifs is 1. The number of rotatable bonds is 5. The lowest BCUT2D eigenvalue weighted by atomic mass is 10.0. The number of likely N-dealkylation sites (N-methyl/N-ethyl adjacent to an activating group) is 1. The fourth-order valence-electron chi connectivity index (χ4n) is 3.09. The molecule has 1 aromatic heterocycles. The third-order valence-electron chi connectivity index (χ3n) is 4.40. The summed E-state index contributed by atoms with van der Waals surface area (Å²) in [7, 11) is 1.54. The van der Waals surface area contributed by atoms with Crippen LogP contribution in [-0.2, 0) is 22.6 Å². The number of nitrogens with one attached hydrogen (secondary N) is 2. The first-order chi connectivity index (χ1) is 13.4. The third-order valence-corrected chi connectivity index (χ3v) is 5.01. The lowest BCUT2D eigenvalue weighted by Crippen LogP contribution is -2.47. The van der Waals surface area contributed by atoms with Crippen LogP contribution in [0, 0.1) is 5.92 Å². The standard InChI is InChI=1S/C19H30BrN5O4/c1-11(2)9-12(15(26)21-6)22-16(27)14-13-10-24(18(28)29-19(3,4)5)7-8-25(13)17(20)23-14/h11-12H,7-10H2,1-6H3,(H,21,26)(H,22,27)/t12-/m0/s1. The number of ether oxygens (including phenoxy) is 1. The second-order valence-corrected chi connectivity index (χ2v) is 9.21. The summed E-state index contributed by atoms with van der Waals surface area (Å²) in [5.74, 6) is -0.475. The van der Waals surface area contributed by atoms with Crippen LogP contribution in [0.3, 0.4) is 0 Å². The molecular formula is C19H30BrN5O4. The molecule has 1 aliphatic heterocycles. The molecule has 0 fully saturated rings. The summed E-state index contributed by atoms with van der Waals surface area (Å²) in [4.78, 5) is 43.4. The summed E-state index contributed by atoms with van der Waals surface area (Å²) in [5, 5.41) is 5.36. The molecule has 29 heavy (non-hydrogen) atoms. The Morgan fingerprint density at radius 3 is 2.45 bits per heavy atom. The van der Waals surface area contributed by atoms with E-state index in [0.29, 0.717) is 29.9 Å². The Balaban J connectivity index is 2.22. The summed E-state index contributed by atoms with van der Waals surface area (Å²) in [6.45, 7) is 10.5. The maximum atomic E-state index is 12.9. The van der Waals surface area contributed by atoms with Crippen LogP contribution in [0.25, 0.3) is 0 Å². The minimum absolute atomic E-state index is 0.197. The van der Waals surface area contributed by atoms with E-state index in [-0.39, 0.29) is 24.1 Å². The van der Waals surface area contributed by atoms with Gasteiger partial charge in [-0.25, -0.2) is 9.78 Å². The molecule has 1 aromatic rings. The molecule has 0 unspecified atom stereocenters. The Morgan fingerprint density at radius 2 is 1.90 bits per heavy atom. The zero-order valence-corrected chi connectivity index (χ0v) is 19.4. The summed E-state index contributed by atoms with van der Waals surface area (Å²) in [6.07, 6.45) is 0.0719. The van der Waals surface area contributed by atoms with E-state index < -0.39 is 23.6 Å². The van der Waals surface area contributed by atoms with Crippen molar-refractivity contribution in [2.24, 2.45) is 5.92 Å². The molecule has 2 heterocycles. The van der Waals surface area contributed by atoms with Gasteiger partial charge in [-0.3, -0.25) is 9.59 Å². The van der Waals surface area contributed by atoms with E-state index in [0.717, 1.165) is 0 Å². The van der Waals surface area contributed by atoms with Crippen molar-refractivity contribution in [2.45, 2.75) is 65.8 Å². The van der Waals surface area contributed by atoms with E-state index in [1.165, 1.54) is 7.05 Å². The van der Waals surface area contributed by atoms with E-state index in [4.69, 9.17) is 4.74 Å². The minimum Gasteiger partial charge on any atom is -0.444 e. The van der Waals surface area contributed by atoms with Gasteiger partial charge in [-0.15, -0.1) is 0 Å². The fourth-order valence-corrected chi connectivity index (χ4v) is 3.66. The van der Waals surface area contributed by atoms with E-state index in [9.17, 15) is 14.4 Å². The predicted molar refractivity (Wildman–Crippen MR) is 111 cm³/mol. The molecular weight excluding hydrogens is 442 g/mol. The smallest absolute Gasteiger partial charge is 0.410 e. The minimum atomic E-state index is -0.658. The van der Waals surface area contributed by atoms with Gasteiger partial charge >= 0.3 is 6.09 Å². The highest BCUT2D eigenvalue weighted by molar-refractivity contribution is 9.10. The van der Waals surface area contributed by atoms with Crippen molar-refractivity contribution in [3.05, 3.63) is 16.1 Å². The molecule has 3 amide bonds. The van der Waals surface area contributed by atoms with Crippen molar-refractivity contribution in [3.63, 3.8) is 0 Å². The fraction of sp³-hybridized carbons (Fsp3) is 0.684. The van der Waals surface area contributed by atoms with Crippen LogP contribution >= 0.6 is 15.9 Å². The summed E-state index contributed by atoms with van der Waals surface area (Å²) in [5.41, 5.74) is 0.196. The van der Waals surface area contributed by atoms with Gasteiger partial charge in [0.15, 0.2) is 10.4 Å². The number of imidazole rings is 1. The summed E-state index contributed by atoms with van der Waals surface area (Å²) >= 11 is 3.38. The van der Waals surface area contributed by atoms with Gasteiger partial charge < -0.3 is 24.8 Å². The van der Waals surface area contributed by atoms with Crippen LogP contribution < -0.4 is 10.6 Å². The van der Waals surface area contributed by atoms with Crippen molar-refractivity contribution in [3.8, 4) is 0 Å². The van der Waals surface area contributed by atoms with Gasteiger partial charge in [-0.1, -0.05) is 13.8 Å². The Labute approximate surface area is 179 Å². The third kappa shape index (κ3) is 5.94. The van der Waals surface area contributed by atoms with E-state index >= 15 is 0 Å². The number of carbonyl (C=O) groups is 3. The monoisotopic (exact) mass is 471 g/mol. The first-order valence-electron chi connectivity index (χ1n) is 9.68. The van der Waals surface area contributed by atoms with Crippen molar-refractivity contribution >= 4 is 33.8 Å². The van der Waals surface area contributed by atoms with Gasteiger partial charge in [-0.05, 0) is 49.0 Å². The van der Waals surface area contributed by atoms with Gasteiger partial charge in [0, 0.05) is 20.1 Å². The van der Waals surface area contributed by atoms with Gasteiger partial charge in [0.1, 0.15) is 11.6 Å². The predicted octanol–water partition coefficient (Wildman–Crippen LogP) is 2.29. The zero-order valence-electron chi connectivity index (χ0n) is 17.8.